The topological polar surface area (TPSA) is 87.6 Å². The molecule has 0 amide bonds. The lowest BCUT2D eigenvalue weighted by Crippen LogP contribution is -2.21. The third kappa shape index (κ3) is 6.49. The van der Waals surface area contributed by atoms with Gasteiger partial charge in [-0.25, -0.2) is 5.43 Å². The Morgan fingerprint density at radius 1 is 0.861 bits per heavy atom. The molecule has 2 heterocycles. The summed E-state index contributed by atoms with van der Waals surface area (Å²) in [5.74, 6) is 2.27. The van der Waals surface area contributed by atoms with Crippen molar-refractivity contribution >= 4 is 41.3 Å². The number of benzene rings is 3. The molecule has 2 N–H and O–H groups in total. The van der Waals surface area contributed by atoms with E-state index in [1.807, 2.05) is 78.9 Å². The van der Waals surface area contributed by atoms with Gasteiger partial charge in [0, 0.05) is 23.8 Å². The molecule has 0 unspecified atom stereocenters. The smallest absolute Gasteiger partial charge is 0.250 e. The van der Waals surface area contributed by atoms with Crippen LogP contribution in [0.2, 0.25) is 5.02 Å². The van der Waals surface area contributed by atoms with Gasteiger partial charge >= 0.3 is 0 Å². The van der Waals surface area contributed by atoms with Gasteiger partial charge in [-0.3, -0.25) is 0 Å². The van der Waals surface area contributed by atoms with Gasteiger partial charge < -0.3 is 15.0 Å². The predicted octanol–water partition coefficient (Wildman–Crippen LogP) is 5.89. The fourth-order valence-electron chi connectivity index (χ4n) is 3.74. The minimum Gasteiger partial charge on any atom is -0.489 e. The van der Waals surface area contributed by atoms with Crippen LogP contribution in [0.1, 0.15) is 24.0 Å². The van der Waals surface area contributed by atoms with Gasteiger partial charge in [-0.15, -0.1) is 0 Å². The lowest BCUT2D eigenvalue weighted by atomic mass is 10.2. The van der Waals surface area contributed by atoms with E-state index in [-0.39, 0.29) is 0 Å². The van der Waals surface area contributed by atoms with Gasteiger partial charge in [-0.2, -0.15) is 20.1 Å². The highest BCUT2D eigenvalue weighted by atomic mass is 35.5. The zero-order valence-electron chi connectivity index (χ0n) is 19.6. The van der Waals surface area contributed by atoms with Crippen LogP contribution in [0.25, 0.3) is 0 Å². The Bertz CT molecular complexity index is 1290. The largest absolute Gasteiger partial charge is 0.489 e. The quantitative estimate of drug-likeness (QED) is 0.219. The summed E-state index contributed by atoms with van der Waals surface area (Å²) in [6, 6.07) is 25.1. The third-order valence-electron chi connectivity index (χ3n) is 5.62. The van der Waals surface area contributed by atoms with Crippen LogP contribution < -0.4 is 20.4 Å². The van der Waals surface area contributed by atoms with E-state index >= 15 is 0 Å². The van der Waals surface area contributed by atoms with Crippen molar-refractivity contribution in [1.29, 1.82) is 0 Å². The van der Waals surface area contributed by atoms with Crippen LogP contribution in [0.15, 0.2) is 84.0 Å². The fraction of sp³-hybridized carbons (Fsp3) is 0.185. The van der Waals surface area contributed by atoms with Gasteiger partial charge in [0.2, 0.25) is 17.8 Å². The van der Waals surface area contributed by atoms with E-state index in [0.717, 1.165) is 48.5 Å². The number of hydrogen-bond donors (Lipinski definition) is 2. The Labute approximate surface area is 215 Å². The molecule has 0 saturated carbocycles. The number of hydrogen-bond acceptors (Lipinski definition) is 8. The van der Waals surface area contributed by atoms with Gasteiger partial charge in [-0.05, 0) is 72.5 Å². The summed E-state index contributed by atoms with van der Waals surface area (Å²) in [5.41, 5.74) is 5.83. The third-order valence-corrected chi connectivity index (χ3v) is 5.87. The number of ether oxygens (including phenoxy) is 1. The summed E-state index contributed by atoms with van der Waals surface area (Å²) in [6.45, 7) is 2.35. The Balaban J connectivity index is 1.23. The van der Waals surface area contributed by atoms with Crippen LogP contribution >= 0.6 is 11.6 Å². The lowest BCUT2D eigenvalue weighted by molar-refractivity contribution is 0.306. The Morgan fingerprint density at radius 2 is 1.58 bits per heavy atom. The first-order chi connectivity index (χ1) is 17.7. The number of anilines is 4. The molecule has 0 spiro atoms. The van der Waals surface area contributed by atoms with Gasteiger partial charge in [0.05, 0.1) is 6.21 Å². The molecule has 1 aromatic heterocycles. The predicted molar refractivity (Wildman–Crippen MR) is 144 cm³/mol. The molecule has 3 aromatic carbocycles. The molecule has 0 radical (unpaired) electrons. The highest BCUT2D eigenvalue weighted by Gasteiger charge is 2.17. The summed E-state index contributed by atoms with van der Waals surface area (Å²) in [5, 5.41) is 8.29. The van der Waals surface area contributed by atoms with Crippen molar-refractivity contribution in [3.8, 4) is 5.75 Å². The van der Waals surface area contributed by atoms with Crippen LogP contribution in [0.3, 0.4) is 0 Å². The molecule has 5 rings (SSSR count). The Kier molecular flexibility index (Phi) is 7.53. The summed E-state index contributed by atoms with van der Waals surface area (Å²) in [7, 11) is 0. The van der Waals surface area contributed by atoms with Crippen molar-refractivity contribution in [2.75, 3.05) is 28.7 Å². The van der Waals surface area contributed by atoms with Gasteiger partial charge in [0.25, 0.3) is 0 Å². The van der Waals surface area contributed by atoms with Crippen LogP contribution in [0.5, 0.6) is 5.75 Å². The molecular weight excluding hydrogens is 474 g/mol. The molecule has 36 heavy (non-hydrogen) atoms. The summed E-state index contributed by atoms with van der Waals surface area (Å²) in [6.07, 6.45) is 3.98. The standard InChI is InChI=1S/C27H26ClN7O/c28-22-12-8-21(9-13-22)19-36-24-14-10-20(11-15-24)18-29-34-26-31-25(30-23-6-2-1-3-7-23)32-27(33-26)35-16-4-5-17-35/h1-3,6-15,18H,4-5,16-17,19H2,(H2,30,31,32,33,34)/b29-18-. The molecule has 0 atom stereocenters. The van der Waals surface area contributed by atoms with E-state index < -0.39 is 0 Å². The molecule has 9 heteroatoms. The minimum atomic E-state index is 0.379. The van der Waals surface area contributed by atoms with Crippen LogP contribution in [-0.4, -0.2) is 34.3 Å². The molecule has 1 aliphatic rings. The normalized spacial score (nSPS) is 13.2. The van der Waals surface area contributed by atoms with Crippen molar-refractivity contribution in [3.05, 3.63) is 95.0 Å². The first-order valence-corrected chi connectivity index (χ1v) is 12.2. The number of aromatic nitrogens is 3. The van der Waals surface area contributed by atoms with E-state index in [0.29, 0.717) is 29.5 Å². The molecule has 1 saturated heterocycles. The molecule has 0 bridgehead atoms. The number of hydrazone groups is 1. The lowest BCUT2D eigenvalue weighted by Gasteiger charge is -2.16. The number of nitrogens with one attached hydrogen (secondary N) is 2. The van der Waals surface area contributed by atoms with E-state index in [1.165, 1.54) is 0 Å². The zero-order valence-corrected chi connectivity index (χ0v) is 20.4. The monoisotopic (exact) mass is 499 g/mol. The number of para-hydroxylation sites is 1. The second kappa shape index (κ2) is 11.5. The van der Waals surface area contributed by atoms with Crippen molar-refractivity contribution in [1.82, 2.24) is 15.0 Å². The maximum atomic E-state index is 5.93. The average molecular weight is 500 g/mol. The number of halogens is 1. The van der Waals surface area contributed by atoms with E-state index in [4.69, 9.17) is 16.3 Å². The van der Waals surface area contributed by atoms with Crippen molar-refractivity contribution in [2.24, 2.45) is 5.10 Å². The first-order valence-electron chi connectivity index (χ1n) is 11.8. The molecule has 4 aromatic rings. The van der Waals surface area contributed by atoms with Crippen LogP contribution in [0.4, 0.5) is 23.5 Å². The second-order valence-electron chi connectivity index (χ2n) is 8.32. The maximum absolute atomic E-state index is 5.93. The van der Waals surface area contributed by atoms with Gasteiger partial charge in [0.15, 0.2) is 0 Å². The molecule has 8 nitrogen and oxygen atoms in total. The molecule has 1 fully saturated rings. The highest BCUT2D eigenvalue weighted by Crippen LogP contribution is 2.21. The molecule has 182 valence electrons. The summed E-state index contributed by atoms with van der Waals surface area (Å²) < 4.78 is 5.84. The summed E-state index contributed by atoms with van der Waals surface area (Å²) in [4.78, 5) is 15.8. The Hall–Kier alpha value is -4.17. The minimum absolute atomic E-state index is 0.379. The van der Waals surface area contributed by atoms with E-state index in [2.05, 4.69) is 35.7 Å². The van der Waals surface area contributed by atoms with Crippen LogP contribution in [0, 0.1) is 0 Å². The van der Waals surface area contributed by atoms with Crippen molar-refractivity contribution < 1.29 is 4.74 Å². The molecule has 1 aliphatic heterocycles. The molecular formula is C27H26ClN7O. The van der Waals surface area contributed by atoms with Crippen LogP contribution in [-0.2, 0) is 6.61 Å². The summed E-state index contributed by atoms with van der Waals surface area (Å²) >= 11 is 5.93. The highest BCUT2D eigenvalue weighted by molar-refractivity contribution is 6.30. The molecule has 0 aliphatic carbocycles. The van der Waals surface area contributed by atoms with E-state index in [1.54, 1.807) is 6.21 Å². The zero-order chi connectivity index (χ0) is 24.6. The van der Waals surface area contributed by atoms with Gasteiger partial charge in [-0.1, -0.05) is 41.9 Å². The number of nitrogens with zero attached hydrogens (tertiary/aromatic N) is 5. The second-order valence-corrected chi connectivity index (χ2v) is 8.76. The number of rotatable bonds is 9. The average Bonchev–Trinajstić information content (AvgIpc) is 3.45. The van der Waals surface area contributed by atoms with E-state index in [9.17, 15) is 0 Å². The van der Waals surface area contributed by atoms with Gasteiger partial charge in [0.1, 0.15) is 12.4 Å². The Morgan fingerprint density at radius 3 is 2.33 bits per heavy atom. The SMILES string of the molecule is Clc1ccc(COc2ccc(/C=N\Nc3nc(Nc4ccccc4)nc(N4CCCC4)n3)cc2)cc1. The maximum Gasteiger partial charge on any atom is 0.250 e. The fourth-order valence-corrected chi connectivity index (χ4v) is 3.87. The first kappa shape index (κ1) is 23.6. The van der Waals surface area contributed by atoms with Crippen molar-refractivity contribution in [2.45, 2.75) is 19.4 Å². The van der Waals surface area contributed by atoms with Crippen molar-refractivity contribution in [3.63, 3.8) is 0 Å².